The molecular formula is C18H20N2O. The molecule has 1 aliphatic heterocycles. The first-order valence-electron chi connectivity index (χ1n) is 7.24. The van der Waals surface area contributed by atoms with Gasteiger partial charge in [-0.1, -0.05) is 48.5 Å². The molecule has 1 aliphatic rings. The van der Waals surface area contributed by atoms with Gasteiger partial charge in [-0.15, -0.1) is 0 Å². The minimum Gasteiger partial charge on any atom is -0.347 e. The van der Waals surface area contributed by atoms with Gasteiger partial charge in [-0.3, -0.25) is 9.69 Å². The summed E-state index contributed by atoms with van der Waals surface area (Å²) >= 11 is 0. The largest absolute Gasteiger partial charge is 0.347 e. The summed E-state index contributed by atoms with van der Waals surface area (Å²) in [6, 6.07) is 20.3. The van der Waals surface area contributed by atoms with Gasteiger partial charge in [0, 0.05) is 5.69 Å². The van der Waals surface area contributed by atoms with Crippen molar-refractivity contribution >= 4 is 11.5 Å². The van der Waals surface area contributed by atoms with Gasteiger partial charge >= 0.3 is 0 Å². The smallest absolute Gasteiger partial charge is 0.163 e. The highest BCUT2D eigenvalue weighted by Gasteiger charge is 2.42. The number of ketones is 1. The number of likely N-dealkylation sites (N-methyl/N-ethyl adjacent to an activating group) is 1. The second-order valence-corrected chi connectivity index (χ2v) is 5.70. The van der Waals surface area contributed by atoms with Crippen molar-refractivity contribution in [1.29, 1.82) is 0 Å². The SMILES string of the molecule is CN(C)C1C(c2ccccc2)C(=O)CN1c1ccccc1. The van der Waals surface area contributed by atoms with Gasteiger partial charge in [0.05, 0.1) is 18.6 Å². The molecule has 0 radical (unpaired) electrons. The molecule has 3 heteroatoms. The predicted octanol–water partition coefficient (Wildman–Crippen LogP) is 2.75. The Balaban J connectivity index is 2.00. The Labute approximate surface area is 125 Å². The number of carbonyl (C=O) groups excluding carboxylic acids is 1. The summed E-state index contributed by atoms with van der Waals surface area (Å²) in [6.07, 6.45) is 0.0577. The van der Waals surface area contributed by atoms with Crippen LogP contribution in [0.1, 0.15) is 11.5 Å². The molecule has 1 saturated heterocycles. The molecule has 0 N–H and O–H groups in total. The van der Waals surface area contributed by atoms with Crippen molar-refractivity contribution in [3.05, 3.63) is 66.2 Å². The van der Waals surface area contributed by atoms with Crippen molar-refractivity contribution in [3.8, 4) is 0 Å². The average Bonchev–Trinajstić information content (AvgIpc) is 2.87. The van der Waals surface area contributed by atoms with Crippen molar-refractivity contribution in [3.63, 3.8) is 0 Å². The zero-order chi connectivity index (χ0) is 14.8. The first-order valence-corrected chi connectivity index (χ1v) is 7.24. The van der Waals surface area contributed by atoms with Crippen LogP contribution in [0.2, 0.25) is 0 Å². The van der Waals surface area contributed by atoms with Gasteiger partial charge in [-0.25, -0.2) is 0 Å². The van der Waals surface area contributed by atoms with Crippen molar-refractivity contribution in [2.75, 3.05) is 25.5 Å². The van der Waals surface area contributed by atoms with Crippen LogP contribution in [0.3, 0.4) is 0 Å². The maximum absolute atomic E-state index is 12.6. The predicted molar refractivity (Wildman–Crippen MR) is 85.5 cm³/mol. The molecule has 0 saturated carbocycles. The molecule has 3 rings (SSSR count). The molecule has 0 spiro atoms. The highest BCUT2D eigenvalue weighted by atomic mass is 16.1. The zero-order valence-electron chi connectivity index (χ0n) is 12.4. The van der Waals surface area contributed by atoms with E-state index in [0.717, 1.165) is 11.3 Å². The molecule has 0 bridgehead atoms. The summed E-state index contributed by atoms with van der Waals surface area (Å²) in [5.74, 6) is 0.185. The second-order valence-electron chi connectivity index (χ2n) is 5.70. The van der Waals surface area contributed by atoms with E-state index in [1.54, 1.807) is 0 Å². The Hall–Kier alpha value is -2.13. The van der Waals surface area contributed by atoms with Crippen molar-refractivity contribution in [2.24, 2.45) is 0 Å². The molecule has 0 aromatic heterocycles. The van der Waals surface area contributed by atoms with Gasteiger partial charge in [-0.2, -0.15) is 0 Å². The van der Waals surface area contributed by atoms with Gasteiger partial charge in [0.15, 0.2) is 5.78 Å². The van der Waals surface area contributed by atoms with Gasteiger partial charge in [0.1, 0.15) is 0 Å². The maximum Gasteiger partial charge on any atom is 0.163 e. The zero-order valence-corrected chi connectivity index (χ0v) is 12.4. The number of carbonyl (C=O) groups is 1. The Kier molecular flexibility index (Phi) is 3.76. The molecule has 1 fully saturated rings. The van der Waals surface area contributed by atoms with Crippen LogP contribution in [0, 0.1) is 0 Å². The monoisotopic (exact) mass is 280 g/mol. The van der Waals surface area contributed by atoms with E-state index in [1.807, 2.05) is 62.6 Å². The number of Topliss-reactive ketones (excluding diaryl/α,β-unsaturated/α-hetero) is 1. The Morgan fingerprint density at radius 2 is 1.52 bits per heavy atom. The first kappa shape index (κ1) is 13.8. The minimum absolute atomic E-state index is 0.0577. The number of rotatable bonds is 3. The van der Waals surface area contributed by atoms with Crippen LogP contribution < -0.4 is 4.90 Å². The summed E-state index contributed by atoms with van der Waals surface area (Å²) in [6.45, 7) is 0.465. The van der Waals surface area contributed by atoms with E-state index in [2.05, 4.69) is 21.9 Å². The van der Waals surface area contributed by atoms with Crippen molar-refractivity contribution in [2.45, 2.75) is 12.1 Å². The van der Waals surface area contributed by atoms with E-state index in [4.69, 9.17) is 0 Å². The Morgan fingerprint density at radius 1 is 0.952 bits per heavy atom. The van der Waals surface area contributed by atoms with Crippen LogP contribution in [0.4, 0.5) is 5.69 Å². The Morgan fingerprint density at radius 3 is 2.10 bits per heavy atom. The van der Waals surface area contributed by atoms with E-state index in [-0.39, 0.29) is 17.9 Å². The molecule has 21 heavy (non-hydrogen) atoms. The lowest BCUT2D eigenvalue weighted by Crippen LogP contribution is -2.43. The number of benzene rings is 2. The second kappa shape index (κ2) is 5.70. The number of para-hydroxylation sites is 1. The Bertz CT molecular complexity index is 610. The molecule has 1 heterocycles. The number of anilines is 1. The van der Waals surface area contributed by atoms with E-state index in [9.17, 15) is 4.79 Å². The molecule has 2 atom stereocenters. The third kappa shape index (κ3) is 2.57. The summed E-state index contributed by atoms with van der Waals surface area (Å²) in [4.78, 5) is 16.9. The molecule has 3 nitrogen and oxygen atoms in total. The fourth-order valence-corrected chi connectivity index (χ4v) is 3.16. The van der Waals surface area contributed by atoms with E-state index >= 15 is 0 Å². The van der Waals surface area contributed by atoms with Gasteiger partial charge in [0.25, 0.3) is 0 Å². The number of nitrogens with zero attached hydrogens (tertiary/aromatic N) is 2. The van der Waals surface area contributed by atoms with Crippen LogP contribution in [-0.4, -0.2) is 37.5 Å². The normalized spacial score (nSPS) is 22.0. The van der Waals surface area contributed by atoms with Gasteiger partial charge < -0.3 is 4.90 Å². The maximum atomic E-state index is 12.6. The van der Waals surface area contributed by atoms with Crippen molar-refractivity contribution < 1.29 is 4.79 Å². The van der Waals surface area contributed by atoms with Crippen LogP contribution in [0.25, 0.3) is 0 Å². The van der Waals surface area contributed by atoms with Crippen LogP contribution in [0.5, 0.6) is 0 Å². The quantitative estimate of drug-likeness (QED) is 0.863. The highest BCUT2D eigenvalue weighted by Crippen LogP contribution is 2.35. The third-order valence-corrected chi connectivity index (χ3v) is 4.07. The lowest BCUT2D eigenvalue weighted by Gasteiger charge is -2.34. The van der Waals surface area contributed by atoms with Gasteiger partial charge in [0.2, 0.25) is 0 Å². The lowest BCUT2D eigenvalue weighted by molar-refractivity contribution is -0.118. The van der Waals surface area contributed by atoms with Crippen molar-refractivity contribution in [1.82, 2.24) is 4.90 Å². The molecular weight excluding hydrogens is 260 g/mol. The van der Waals surface area contributed by atoms with E-state index in [0.29, 0.717) is 6.54 Å². The van der Waals surface area contributed by atoms with Crippen LogP contribution >= 0.6 is 0 Å². The topological polar surface area (TPSA) is 23.6 Å². The first-order chi connectivity index (χ1) is 10.2. The summed E-state index contributed by atoms with van der Waals surface area (Å²) in [5, 5.41) is 0. The highest BCUT2D eigenvalue weighted by molar-refractivity contribution is 5.94. The van der Waals surface area contributed by atoms with E-state index in [1.165, 1.54) is 0 Å². The average molecular weight is 280 g/mol. The molecule has 2 aromatic carbocycles. The third-order valence-electron chi connectivity index (χ3n) is 4.07. The summed E-state index contributed by atoms with van der Waals surface area (Å²) in [7, 11) is 4.07. The summed E-state index contributed by atoms with van der Waals surface area (Å²) < 4.78 is 0. The minimum atomic E-state index is -0.0959. The number of hydrogen-bond donors (Lipinski definition) is 0. The number of hydrogen-bond acceptors (Lipinski definition) is 3. The molecule has 0 aliphatic carbocycles. The molecule has 108 valence electrons. The lowest BCUT2D eigenvalue weighted by atomic mass is 9.94. The van der Waals surface area contributed by atoms with Crippen LogP contribution in [-0.2, 0) is 4.79 Å². The fraction of sp³-hybridized carbons (Fsp3) is 0.278. The standard InChI is InChI=1S/C18H20N2O/c1-19(2)18-17(14-9-5-3-6-10-14)16(21)13-20(18)15-11-7-4-8-12-15/h3-12,17-18H,13H2,1-2H3. The van der Waals surface area contributed by atoms with Crippen LogP contribution in [0.15, 0.2) is 60.7 Å². The fourth-order valence-electron chi connectivity index (χ4n) is 3.16. The van der Waals surface area contributed by atoms with Gasteiger partial charge in [-0.05, 0) is 31.8 Å². The summed E-state index contributed by atoms with van der Waals surface area (Å²) in [5.41, 5.74) is 2.20. The molecule has 2 unspecified atom stereocenters. The molecule has 0 amide bonds. The molecule has 2 aromatic rings. The van der Waals surface area contributed by atoms with E-state index < -0.39 is 0 Å².